The largest absolute Gasteiger partial charge is 0.461 e. The maximum Gasteiger partial charge on any atom is 0.302 e. The second-order valence-corrected chi connectivity index (χ2v) is 5.99. The van der Waals surface area contributed by atoms with Crippen LogP contribution in [0, 0.1) is 0 Å². The van der Waals surface area contributed by atoms with Crippen molar-refractivity contribution in [2.24, 2.45) is 0 Å². The fourth-order valence-corrected chi connectivity index (χ4v) is 3.72. The number of benzene rings is 1. The summed E-state index contributed by atoms with van der Waals surface area (Å²) < 4.78 is 5.43. The number of rotatable bonds is 4. The highest BCUT2D eigenvalue weighted by Crippen LogP contribution is 2.32. The molecule has 0 amide bonds. The number of thioether (sulfide) groups is 1. The van der Waals surface area contributed by atoms with Crippen LogP contribution >= 0.6 is 11.8 Å². The normalized spacial score (nSPS) is 23.6. The number of carbonyl (C=O) groups excluding carboxylic acids is 1. The van der Waals surface area contributed by atoms with E-state index in [1.54, 1.807) is 0 Å². The molecule has 0 unspecified atom stereocenters. The van der Waals surface area contributed by atoms with Crippen LogP contribution in [0.5, 0.6) is 0 Å². The molecule has 1 saturated carbocycles. The molecule has 0 N–H and O–H groups in total. The fraction of sp³-hybridized carbons (Fsp3) is 0.533. The molecule has 1 aliphatic carbocycles. The molecule has 0 bridgehead atoms. The van der Waals surface area contributed by atoms with Gasteiger partial charge in [-0.3, -0.25) is 4.79 Å². The van der Waals surface area contributed by atoms with Crippen molar-refractivity contribution in [1.82, 2.24) is 0 Å². The monoisotopic (exact) mass is 264 g/mol. The summed E-state index contributed by atoms with van der Waals surface area (Å²) in [4.78, 5) is 11.1. The Morgan fingerprint density at radius 1 is 1.28 bits per heavy atom. The molecule has 1 aliphatic rings. The molecule has 0 heterocycles. The molecule has 18 heavy (non-hydrogen) atoms. The Bertz CT molecular complexity index is 377. The highest BCUT2D eigenvalue weighted by atomic mass is 32.2. The van der Waals surface area contributed by atoms with Gasteiger partial charge in [-0.2, -0.15) is 0 Å². The van der Waals surface area contributed by atoms with E-state index in [-0.39, 0.29) is 12.1 Å². The van der Waals surface area contributed by atoms with Crippen molar-refractivity contribution in [2.45, 2.75) is 49.7 Å². The zero-order chi connectivity index (χ0) is 12.8. The van der Waals surface area contributed by atoms with Crippen LogP contribution < -0.4 is 0 Å². The molecule has 98 valence electrons. The molecular weight excluding hydrogens is 244 g/mol. The first-order valence-corrected chi connectivity index (χ1v) is 7.63. The predicted octanol–water partition coefficient (Wildman–Crippen LogP) is 3.79. The molecule has 1 aromatic rings. The van der Waals surface area contributed by atoms with Crippen LogP contribution in [0.1, 0.15) is 38.2 Å². The van der Waals surface area contributed by atoms with Crippen molar-refractivity contribution in [1.29, 1.82) is 0 Å². The zero-order valence-electron chi connectivity index (χ0n) is 10.8. The van der Waals surface area contributed by atoms with Gasteiger partial charge >= 0.3 is 5.97 Å². The maximum atomic E-state index is 11.1. The van der Waals surface area contributed by atoms with Crippen molar-refractivity contribution in [3.05, 3.63) is 35.9 Å². The van der Waals surface area contributed by atoms with Crippen LogP contribution in [-0.4, -0.2) is 17.3 Å². The third-order valence-electron chi connectivity index (χ3n) is 3.27. The average molecular weight is 264 g/mol. The minimum Gasteiger partial charge on any atom is -0.461 e. The summed E-state index contributed by atoms with van der Waals surface area (Å²) in [7, 11) is 0. The Labute approximate surface area is 113 Å². The molecule has 2 nitrogen and oxygen atoms in total. The molecule has 3 heteroatoms. The molecule has 0 aromatic heterocycles. The van der Waals surface area contributed by atoms with Gasteiger partial charge in [0.1, 0.15) is 6.10 Å². The van der Waals surface area contributed by atoms with E-state index in [2.05, 4.69) is 24.3 Å². The van der Waals surface area contributed by atoms with E-state index < -0.39 is 0 Å². The van der Waals surface area contributed by atoms with Gasteiger partial charge in [0.2, 0.25) is 0 Å². The van der Waals surface area contributed by atoms with Crippen molar-refractivity contribution < 1.29 is 9.53 Å². The zero-order valence-corrected chi connectivity index (χ0v) is 11.6. The van der Waals surface area contributed by atoms with Gasteiger partial charge in [-0.1, -0.05) is 36.8 Å². The van der Waals surface area contributed by atoms with Crippen LogP contribution in [0.3, 0.4) is 0 Å². The summed E-state index contributed by atoms with van der Waals surface area (Å²) in [6.45, 7) is 1.51. The lowest BCUT2D eigenvalue weighted by molar-refractivity contribution is -0.147. The highest BCUT2D eigenvalue weighted by molar-refractivity contribution is 7.99. The summed E-state index contributed by atoms with van der Waals surface area (Å²) in [6, 6.07) is 10.5. The van der Waals surface area contributed by atoms with Gasteiger partial charge in [0, 0.05) is 17.9 Å². The fourth-order valence-electron chi connectivity index (χ4n) is 2.38. The van der Waals surface area contributed by atoms with Gasteiger partial charge in [0.25, 0.3) is 0 Å². The first kappa shape index (κ1) is 13.5. The first-order valence-electron chi connectivity index (χ1n) is 6.58. The van der Waals surface area contributed by atoms with Crippen molar-refractivity contribution in [3.63, 3.8) is 0 Å². The Hall–Kier alpha value is -0.960. The van der Waals surface area contributed by atoms with Crippen LogP contribution in [-0.2, 0) is 15.3 Å². The summed E-state index contributed by atoms with van der Waals surface area (Å²) >= 11 is 1.92. The average Bonchev–Trinajstić information content (AvgIpc) is 2.38. The second-order valence-electron chi connectivity index (χ2n) is 4.77. The minimum absolute atomic E-state index is 0.116. The minimum atomic E-state index is -0.146. The van der Waals surface area contributed by atoms with E-state index >= 15 is 0 Å². The lowest BCUT2D eigenvalue weighted by Crippen LogP contribution is -2.31. The quantitative estimate of drug-likeness (QED) is 0.774. The molecule has 0 radical (unpaired) electrons. The van der Waals surface area contributed by atoms with Gasteiger partial charge in [-0.15, -0.1) is 11.8 Å². The highest BCUT2D eigenvalue weighted by Gasteiger charge is 2.27. The number of esters is 1. The number of carbonyl (C=O) groups is 1. The van der Waals surface area contributed by atoms with Gasteiger partial charge in [-0.05, 0) is 24.8 Å². The van der Waals surface area contributed by atoms with Gasteiger partial charge in [-0.25, -0.2) is 0 Å². The molecule has 1 aromatic carbocycles. The summed E-state index contributed by atoms with van der Waals surface area (Å²) in [5.41, 5.74) is 1.34. The third kappa shape index (κ3) is 4.05. The molecule has 2 rings (SSSR count). The van der Waals surface area contributed by atoms with Crippen LogP contribution in [0.4, 0.5) is 0 Å². The lowest BCUT2D eigenvalue weighted by Gasteiger charge is -2.30. The molecular formula is C15H20O2S. The smallest absolute Gasteiger partial charge is 0.302 e. The number of hydrogen-bond donors (Lipinski definition) is 0. The molecule has 1 fully saturated rings. The van der Waals surface area contributed by atoms with E-state index in [1.807, 2.05) is 17.8 Å². The molecule has 2 atom stereocenters. The van der Waals surface area contributed by atoms with Gasteiger partial charge < -0.3 is 4.74 Å². The predicted molar refractivity (Wildman–Crippen MR) is 75.5 cm³/mol. The topological polar surface area (TPSA) is 26.3 Å². The Kier molecular flexibility index (Phi) is 5.12. The van der Waals surface area contributed by atoms with E-state index in [0.717, 1.165) is 18.6 Å². The van der Waals surface area contributed by atoms with Crippen LogP contribution in [0.15, 0.2) is 30.3 Å². The molecule has 0 spiro atoms. The second kappa shape index (κ2) is 6.83. The Morgan fingerprint density at radius 3 is 2.72 bits per heavy atom. The first-order chi connectivity index (χ1) is 8.75. The van der Waals surface area contributed by atoms with E-state index in [0.29, 0.717) is 5.25 Å². The SMILES string of the molecule is CC(=O)O[C@H]1CCCC[C@@H]1SCc1ccccc1. The number of hydrogen-bond acceptors (Lipinski definition) is 3. The van der Waals surface area contributed by atoms with Crippen molar-refractivity contribution in [2.75, 3.05) is 0 Å². The van der Waals surface area contributed by atoms with Gasteiger partial charge in [0.05, 0.1) is 0 Å². The van der Waals surface area contributed by atoms with Gasteiger partial charge in [0.15, 0.2) is 0 Å². The third-order valence-corrected chi connectivity index (χ3v) is 4.73. The van der Waals surface area contributed by atoms with Crippen LogP contribution in [0.25, 0.3) is 0 Å². The van der Waals surface area contributed by atoms with E-state index in [4.69, 9.17) is 4.74 Å². The number of ether oxygens (including phenoxy) is 1. The Balaban J connectivity index is 1.87. The summed E-state index contributed by atoms with van der Waals surface area (Å²) in [5, 5.41) is 0.461. The van der Waals surface area contributed by atoms with E-state index in [9.17, 15) is 4.79 Å². The summed E-state index contributed by atoms with van der Waals surface area (Å²) in [5.74, 6) is 0.857. The standard InChI is InChI=1S/C15H20O2S/c1-12(16)17-14-9-5-6-10-15(14)18-11-13-7-3-2-4-8-13/h2-4,7-8,14-15H,5-6,9-11H2,1H3/t14-,15-/m0/s1. The molecule has 0 saturated heterocycles. The lowest BCUT2D eigenvalue weighted by atomic mass is 9.97. The van der Waals surface area contributed by atoms with Crippen LogP contribution in [0.2, 0.25) is 0 Å². The Morgan fingerprint density at radius 2 is 2.00 bits per heavy atom. The molecule has 0 aliphatic heterocycles. The van der Waals surface area contributed by atoms with Crippen molar-refractivity contribution in [3.8, 4) is 0 Å². The van der Waals surface area contributed by atoms with E-state index in [1.165, 1.54) is 25.3 Å². The van der Waals surface area contributed by atoms with Crippen molar-refractivity contribution >= 4 is 17.7 Å². The summed E-state index contributed by atoms with van der Waals surface area (Å²) in [6.07, 6.45) is 4.73. The maximum absolute atomic E-state index is 11.1.